The van der Waals surface area contributed by atoms with E-state index < -0.39 is 21.1 Å². The lowest BCUT2D eigenvalue weighted by Crippen LogP contribution is -2.28. The second-order valence-electron chi connectivity index (χ2n) is 17.6. The Labute approximate surface area is 414 Å². The monoisotopic (exact) mass is 970 g/mol. The Bertz CT molecular complexity index is 4000. The van der Waals surface area contributed by atoms with E-state index in [9.17, 15) is 13.5 Å². The number of nitrogens with zero attached hydrogens (tertiary/aromatic N) is 4. The summed E-state index contributed by atoms with van der Waals surface area (Å²) in [5.74, 6) is 1.67. The van der Waals surface area contributed by atoms with E-state index in [1.807, 2.05) is 110 Å². The number of halogens is 2. The number of benzene rings is 9. The van der Waals surface area contributed by atoms with Crippen LogP contribution < -0.4 is 0 Å². The Morgan fingerprint density at radius 2 is 0.957 bits per heavy atom. The Kier molecular flexibility index (Phi) is 10.3. The van der Waals surface area contributed by atoms with Gasteiger partial charge in [-0.1, -0.05) is 168 Å². The minimum atomic E-state index is -4.02. The van der Waals surface area contributed by atoms with Crippen molar-refractivity contribution in [2.45, 2.75) is 22.8 Å². The van der Waals surface area contributed by atoms with Crippen molar-refractivity contribution in [3.8, 4) is 33.6 Å². The topological polar surface area (TPSA) is 110 Å². The van der Waals surface area contributed by atoms with Crippen molar-refractivity contribution in [1.82, 2.24) is 19.1 Å². The van der Waals surface area contributed by atoms with E-state index in [4.69, 9.17) is 37.7 Å². The third kappa shape index (κ3) is 6.61. The normalized spacial score (nSPS) is 16.6. The van der Waals surface area contributed by atoms with Gasteiger partial charge in [0, 0.05) is 21.2 Å². The third-order valence-corrected chi connectivity index (χ3v) is 15.0. The van der Waals surface area contributed by atoms with Gasteiger partial charge in [-0.05, 0) is 119 Å². The van der Waals surface area contributed by atoms with E-state index in [0.29, 0.717) is 10.8 Å². The molecule has 11 aromatic rings. The number of imidazole rings is 2. The fourth-order valence-electron chi connectivity index (χ4n) is 10.7. The maximum Gasteiger partial charge on any atom is 0.294 e. The number of hydrogen-bond donors (Lipinski definition) is 2. The van der Waals surface area contributed by atoms with E-state index in [2.05, 4.69) is 94.1 Å². The number of aryl methyl sites for hydroxylation is 1. The van der Waals surface area contributed by atoms with Crippen LogP contribution in [-0.2, 0) is 21.1 Å². The zero-order valence-corrected chi connectivity index (χ0v) is 39.7. The van der Waals surface area contributed by atoms with Gasteiger partial charge in [0.05, 0.1) is 38.3 Å². The average Bonchev–Trinajstić information content (AvgIpc) is 4.16. The molecule has 340 valence electrons. The lowest BCUT2D eigenvalue weighted by atomic mass is 9.73. The quantitative estimate of drug-likeness (QED) is 0.171. The van der Waals surface area contributed by atoms with Crippen LogP contribution in [0.15, 0.2) is 217 Å². The SMILES string of the molecule is Cc1ccc(S(=O)(=O)O)cc1.Clc1ccc2c(c1)C1(c3ccccc3-2)c2ccccc2-n2c1nc1ccccc12.OC1(c2ccccc2-c2ccc(Cl)cc2)c2ccccc2-n2c1nc1ccccc12. The molecule has 0 radical (unpaired) electrons. The second kappa shape index (κ2) is 16.5. The van der Waals surface area contributed by atoms with Crippen LogP contribution in [0.4, 0.5) is 0 Å². The van der Waals surface area contributed by atoms with Gasteiger partial charge in [0.2, 0.25) is 0 Å². The van der Waals surface area contributed by atoms with Gasteiger partial charge in [-0.15, -0.1) is 0 Å². The van der Waals surface area contributed by atoms with Crippen LogP contribution in [0.3, 0.4) is 0 Å². The molecule has 3 aliphatic rings. The predicted octanol–water partition coefficient (Wildman–Crippen LogP) is 13.5. The molecule has 0 fully saturated rings. The summed E-state index contributed by atoms with van der Waals surface area (Å²) in [7, 11) is -4.02. The van der Waals surface area contributed by atoms with Crippen LogP contribution in [0.1, 0.15) is 45.0 Å². The predicted molar refractivity (Wildman–Crippen MR) is 278 cm³/mol. The van der Waals surface area contributed by atoms with Gasteiger partial charge in [-0.3, -0.25) is 13.7 Å². The van der Waals surface area contributed by atoms with Gasteiger partial charge in [0.15, 0.2) is 11.4 Å². The average molecular weight is 972 g/mol. The van der Waals surface area contributed by atoms with Crippen LogP contribution >= 0.6 is 23.2 Å². The molecule has 70 heavy (non-hydrogen) atoms. The number of fused-ring (bicyclic) bond motifs is 17. The van der Waals surface area contributed by atoms with Crippen LogP contribution in [-0.4, -0.2) is 37.2 Å². The number of rotatable bonds is 3. The summed E-state index contributed by atoms with van der Waals surface area (Å²) in [5, 5.41) is 13.8. The molecule has 0 saturated heterocycles. The first kappa shape index (κ1) is 43.6. The molecular weight excluding hydrogens is 932 g/mol. The molecule has 2 atom stereocenters. The standard InChI is InChI=1S/C26H17ClN2O.C26H15ClN2.C7H8O3S/c27-18-15-13-17(14-16-18)19-7-1-2-8-20(19)26(30)21-9-3-5-11-23(21)29-24-12-6-4-10-22(24)28-25(26)29;27-16-13-14-18-17-7-1-2-8-19(17)26(21(18)15-16)20-9-3-5-11-23(20)29-24-12-6-4-10-22(24)28-25(26)29;1-6-2-4-7(5-3-6)11(8,9)10/h1-16,30H;1-15H;2-5H,1H3,(H,8,9,10). The molecule has 0 bridgehead atoms. The Morgan fingerprint density at radius 3 is 1.61 bits per heavy atom. The summed E-state index contributed by atoms with van der Waals surface area (Å²) in [6.07, 6.45) is 0. The van der Waals surface area contributed by atoms with Gasteiger partial charge in [-0.25, -0.2) is 9.97 Å². The van der Waals surface area contributed by atoms with Crippen LogP contribution in [0.25, 0.3) is 55.7 Å². The molecular formula is C59H40Cl2N4O4S. The summed E-state index contributed by atoms with van der Waals surface area (Å²) < 4.78 is 34.0. The minimum absolute atomic E-state index is 0.0666. The minimum Gasteiger partial charge on any atom is -0.373 e. The highest BCUT2D eigenvalue weighted by Crippen LogP contribution is 2.60. The number of aliphatic hydroxyl groups is 1. The van der Waals surface area contributed by atoms with E-state index >= 15 is 0 Å². The van der Waals surface area contributed by atoms with Crippen molar-refractivity contribution in [2.75, 3.05) is 0 Å². The van der Waals surface area contributed by atoms with Gasteiger partial charge in [-0.2, -0.15) is 8.42 Å². The molecule has 11 heteroatoms. The fourth-order valence-corrected chi connectivity index (χ4v) is 11.5. The number of aromatic nitrogens is 4. The molecule has 1 aliphatic carbocycles. The fraction of sp³-hybridized carbons (Fsp3) is 0.0508. The first-order chi connectivity index (χ1) is 34.0. The van der Waals surface area contributed by atoms with Crippen LogP contribution in [0, 0.1) is 6.92 Å². The van der Waals surface area contributed by atoms with Crippen molar-refractivity contribution >= 4 is 55.4 Å². The highest BCUT2D eigenvalue weighted by Gasteiger charge is 2.54. The molecule has 0 saturated carbocycles. The maximum absolute atomic E-state index is 12.4. The summed E-state index contributed by atoms with van der Waals surface area (Å²) in [6.45, 7) is 1.84. The number of hydrogen-bond acceptors (Lipinski definition) is 5. The lowest BCUT2D eigenvalue weighted by Gasteiger charge is -2.27. The summed E-state index contributed by atoms with van der Waals surface area (Å²) in [6, 6.07) is 69.6. The molecule has 2 aliphatic heterocycles. The Hall–Kier alpha value is -7.63. The van der Waals surface area contributed by atoms with Crippen molar-refractivity contribution in [1.29, 1.82) is 0 Å². The maximum atomic E-state index is 12.4. The smallest absolute Gasteiger partial charge is 0.294 e. The third-order valence-electron chi connectivity index (χ3n) is 13.7. The van der Waals surface area contributed by atoms with Crippen molar-refractivity contribution in [3.05, 3.63) is 267 Å². The zero-order chi connectivity index (χ0) is 47.9. The first-order valence-corrected chi connectivity index (χ1v) is 24.8. The van der Waals surface area contributed by atoms with Gasteiger partial charge in [0.1, 0.15) is 11.2 Å². The van der Waals surface area contributed by atoms with E-state index in [-0.39, 0.29) is 4.90 Å². The number of para-hydroxylation sites is 6. The molecule has 0 amide bonds. The van der Waals surface area contributed by atoms with E-state index in [1.54, 1.807) is 12.1 Å². The molecule has 8 nitrogen and oxygen atoms in total. The van der Waals surface area contributed by atoms with E-state index in [0.717, 1.165) is 66.4 Å². The van der Waals surface area contributed by atoms with Crippen molar-refractivity contribution in [2.24, 2.45) is 0 Å². The molecule has 2 N–H and O–H groups in total. The molecule has 2 aromatic heterocycles. The van der Waals surface area contributed by atoms with Crippen LogP contribution in [0.2, 0.25) is 10.0 Å². The molecule has 2 unspecified atom stereocenters. The van der Waals surface area contributed by atoms with Crippen molar-refractivity contribution < 1.29 is 18.1 Å². The highest BCUT2D eigenvalue weighted by atomic mass is 35.5. The second-order valence-corrected chi connectivity index (χ2v) is 19.9. The summed E-state index contributed by atoms with van der Waals surface area (Å²) in [5.41, 5.74) is 15.1. The lowest BCUT2D eigenvalue weighted by molar-refractivity contribution is 0.123. The molecule has 1 spiro atoms. The first-order valence-electron chi connectivity index (χ1n) is 22.7. The van der Waals surface area contributed by atoms with Gasteiger partial charge in [0.25, 0.3) is 10.1 Å². The molecule has 14 rings (SSSR count). The Morgan fingerprint density at radius 1 is 0.471 bits per heavy atom. The van der Waals surface area contributed by atoms with Crippen LogP contribution in [0.5, 0.6) is 0 Å². The van der Waals surface area contributed by atoms with Gasteiger partial charge < -0.3 is 5.11 Å². The summed E-state index contributed by atoms with van der Waals surface area (Å²) in [4.78, 5) is 10.0. The summed E-state index contributed by atoms with van der Waals surface area (Å²) >= 11 is 12.6. The van der Waals surface area contributed by atoms with E-state index in [1.165, 1.54) is 45.6 Å². The molecule has 9 aromatic carbocycles. The van der Waals surface area contributed by atoms with Gasteiger partial charge >= 0.3 is 0 Å². The zero-order valence-electron chi connectivity index (χ0n) is 37.4. The Balaban J connectivity index is 0.000000119. The highest BCUT2D eigenvalue weighted by molar-refractivity contribution is 7.85. The largest absolute Gasteiger partial charge is 0.373 e. The molecule has 4 heterocycles. The van der Waals surface area contributed by atoms with Crippen molar-refractivity contribution in [3.63, 3.8) is 0 Å².